The number of hydrogen-bond acceptors (Lipinski definition) is 2. The van der Waals surface area contributed by atoms with Crippen LogP contribution < -0.4 is 5.43 Å². The molecule has 0 aromatic carbocycles. The van der Waals surface area contributed by atoms with Gasteiger partial charge in [-0.1, -0.05) is 11.6 Å². The van der Waals surface area contributed by atoms with Gasteiger partial charge in [-0.15, -0.1) is 5.10 Å². The third kappa shape index (κ3) is 1.25. The van der Waals surface area contributed by atoms with E-state index in [0.717, 1.165) is 0 Å². The fourth-order valence-electron chi connectivity index (χ4n) is 0.398. The van der Waals surface area contributed by atoms with E-state index in [1.165, 1.54) is 0 Å². The van der Waals surface area contributed by atoms with Crippen molar-refractivity contribution >= 4 is 80.7 Å². The molecule has 12 heavy (non-hydrogen) atoms. The molecule has 74 valence electrons. The van der Waals surface area contributed by atoms with Crippen LogP contribution in [0.15, 0.2) is 5.10 Å². The molecular formula is C2HBrCl5FN2S. The molecule has 0 spiro atoms. The average molecular weight is 361 g/mol. The summed E-state index contributed by atoms with van der Waals surface area (Å²) in [5, 5.41) is -3.54. The van der Waals surface area contributed by atoms with E-state index < -0.39 is 13.7 Å². The monoisotopic (exact) mass is 358 g/mol. The summed E-state index contributed by atoms with van der Waals surface area (Å²) in [5.74, 6) is 0. The molecule has 2 nitrogen and oxygen atoms in total. The molecule has 0 fully saturated rings. The SMILES string of the molecule is FC1=NNC(Cl)(Br)S1(Cl)(Cl)(Cl)Cl. The first kappa shape index (κ1) is 11.8. The molecule has 0 saturated carbocycles. The summed E-state index contributed by atoms with van der Waals surface area (Å²) in [5.41, 5.74) is 2.04. The summed E-state index contributed by atoms with van der Waals surface area (Å²) in [4.78, 5) is 0. The van der Waals surface area contributed by atoms with Gasteiger partial charge in [0.05, 0.1) is 5.15 Å². The van der Waals surface area contributed by atoms with E-state index in [9.17, 15) is 4.39 Å². The van der Waals surface area contributed by atoms with Crippen LogP contribution in [-0.4, -0.2) is 8.54 Å². The maximum absolute atomic E-state index is 13.1. The summed E-state index contributed by atoms with van der Waals surface area (Å²) in [6.45, 7) is 0. The number of nitrogens with zero attached hydrogens (tertiary/aromatic N) is 1. The fraction of sp³-hybridized carbons (Fsp3) is 0.500. The number of nitrogens with one attached hydrogen (secondary N) is 1. The van der Waals surface area contributed by atoms with Gasteiger partial charge < -0.3 is 0 Å². The molecule has 0 aromatic heterocycles. The number of halogens is 7. The Morgan fingerprint density at radius 1 is 1.42 bits per heavy atom. The highest BCUT2D eigenvalue weighted by atomic mass is 79.9. The summed E-state index contributed by atoms with van der Waals surface area (Å²) < 4.78 is 11.1. The third-order valence-electron chi connectivity index (χ3n) is 1.13. The van der Waals surface area contributed by atoms with Gasteiger partial charge in [-0.25, -0.2) is 0 Å². The number of hydrogen-bond donors (Lipinski definition) is 1. The van der Waals surface area contributed by atoms with Gasteiger partial charge in [0.15, 0.2) is 0 Å². The predicted molar refractivity (Wildman–Crippen MR) is 60.2 cm³/mol. The van der Waals surface area contributed by atoms with Crippen molar-refractivity contribution in [2.45, 2.75) is 3.24 Å². The summed E-state index contributed by atoms with van der Waals surface area (Å²) in [6, 6.07) is 0. The minimum atomic E-state index is -5.24. The minimum absolute atomic E-state index is 1.34. The van der Waals surface area contributed by atoms with Gasteiger partial charge in [0.25, 0.3) is 8.54 Å². The van der Waals surface area contributed by atoms with Crippen molar-refractivity contribution in [2.75, 3.05) is 0 Å². The Bertz CT molecular complexity index is 280. The molecule has 10 heteroatoms. The van der Waals surface area contributed by atoms with Gasteiger partial charge in [-0.3, -0.25) is 5.43 Å². The number of alkyl halides is 2. The molecule has 1 unspecified atom stereocenters. The van der Waals surface area contributed by atoms with E-state index >= 15 is 0 Å². The second-order valence-corrected chi connectivity index (χ2v) is 20.2. The fourth-order valence-corrected chi connectivity index (χ4v) is 2.62. The Morgan fingerprint density at radius 2 is 1.83 bits per heavy atom. The van der Waals surface area contributed by atoms with Crippen LogP contribution in [0.4, 0.5) is 4.39 Å². The first-order valence-corrected chi connectivity index (χ1v) is 9.21. The van der Waals surface area contributed by atoms with Crippen molar-refractivity contribution in [3.05, 3.63) is 0 Å². The predicted octanol–water partition coefficient (Wildman–Crippen LogP) is 4.57. The first-order chi connectivity index (χ1) is 4.91. The average Bonchev–Trinajstić information content (AvgIpc) is 1.88. The molecule has 1 N–H and O–H groups in total. The smallest absolute Gasteiger partial charge is 0.266 e. The van der Waals surface area contributed by atoms with E-state index in [2.05, 4.69) is 21.0 Å². The zero-order chi connectivity index (χ0) is 9.90. The van der Waals surface area contributed by atoms with Gasteiger partial charge in [-0.2, -0.15) is 4.39 Å². The largest absolute Gasteiger partial charge is 0.284 e. The van der Waals surface area contributed by atoms with Crippen molar-refractivity contribution in [1.82, 2.24) is 5.43 Å². The first-order valence-electron chi connectivity index (χ1n) is 2.29. The highest BCUT2D eigenvalue weighted by Crippen LogP contribution is 3.13. The van der Waals surface area contributed by atoms with Crippen LogP contribution >= 0.6 is 75.4 Å². The number of hydrazone groups is 1. The topological polar surface area (TPSA) is 24.4 Å². The second kappa shape index (κ2) is 2.26. The molecule has 0 radical (unpaired) electrons. The summed E-state index contributed by atoms with van der Waals surface area (Å²) in [6.07, 6.45) is 0. The molecule has 1 atom stereocenters. The Hall–Kier alpha value is 1.68. The van der Waals surface area contributed by atoms with E-state index in [1.54, 1.807) is 0 Å². The maximum atomic E-state index is 13.1. The van der Waals surface area contributed by atoms with Crippen molar-refractivity contribution in [2.24, 2.45) is 5.10 Å². The Labute approximate surface area is 98.1 Å². The molecule has 1 heterocycles. The van der Waals surface area contributed by atoms with Gasteiger partial charge in [-0.05, 0) is 58.7 Å². The van der Waals surface area contributed by atoms with Gasteiger partial charge in [0.1, 0.15) is 0 Å². The Kier molecular flexibility index (Phi) is 2.21. The van der Waals surface area contributed by atoms with E-state index in [0.29, 0.717) is 0 Å². The number of rotatable bonds is 0. The van der Waals surface area contributed by atoms with Crippen molar-refractivity contribution in [3.63, 3.8) is 0 Å². The van der Waals surface area contributed by atoms with Gasteiger partial charge in [0, 0.05) is 0 Å². The van der Waals surface area contributed by atoms with E-state index in [4.69, 9.17) is 54.3 Å². The maximum Gasteiger partial charge on any atom is 0.284 e. The highest BCUT2D eigenvalue weighted by Gasteiger charge is 2.78. The second-order valence-electron chi connectivity index (χ2n) is 2.06. The lowest BCUT2D eigenvalue weighted by atomic mass is 11.4. The molecular weight excluding hydrogens is 360 g/mol. The highest BCUT2D eigenvalue weighted by molar-refractivity contribution is 9.30. The van der Waals surface area contributed by atoms with Crippen LogP contribution in [0.1, 0.15) is 0 Å². The van der Waals surface area contributed by atoms with Gasteiger partial charge in [0.2, 0.25) is 0 Å². The van der Waals surface area contributed by atoms with Crippen LogP contribution in [0.3, 0.4) is 0 Å². The zero-order valence-electron chi connectivity index (χ0n) is 5.00. The molecule has 1 rings (SSSR count). The third-order valence-corrected chi connectivity index (χ3v) is 14.4. The molecule has 0 amide bonds. The van der Waals surface area contributed by atoms with Gasteiger partial charge >= 0.3 is 0 Å². The lowest BCUT2D eigenvalue weighted by Crippen LogP contribution is -2.37. The van der Waals surface area contributed by atoms with Crippen molar-refractivity contribution < 1.29 is 4.39 Å². The van der Waals surface area contributed by atoms with Crippen LogP contribution in [0, 0.1) is 0 Å². The summed E-state index contributed by atoms with van der Waals surface area (Å²) >= 11 is 8.35. The lowest BCUT2D eigenvalue weighted by molar-refractivity contribution is 0.770. The standard InChI is InChI=1S/C2HBrCl5FN2S/c3-2(4)11-10-1(9)12(2,5,6,7)8/h11H. The molecule has 1 aliphatic heterocycles. The summed E-state index contributed by atoms with van der Waals surface area (Å²) in [7, 11) is 22.4. The lowest BCUT2D eigenvalue weighted by Gasteiger charge is -2.56. The Morgan fingerprint density at radius 3 is 1.92 bits per heavy atom. The molecule has 0 bridgehead atoms. The van der Waals surface area contributed by atoms with Crippen LogP contribution in [0.25, 0.3) is 0 Å². The molecule has 0 aliphatic carbocycles. The molecule has 0 aromatic rings. The quantitative estimate of drug-likeness (QED) is 0.496. The van der Waals surface area contributed by atoms with Crippen molar-refractivity contribution in [3.8, 4) is 0 Å². The van der Waals surface area contributed by atoms with Crippen molar-refractivity contribution in [1.29, 1.82) is 0 Å². The molecule has 1 aliphatic rings. The van der Waals surface area contributed by atoms with Crippen LogP contribution in [-0.2, 0) is 0 Å². The van der Waals surface area contributed by atoms with E-state index in [-0.39, 0.29) is 0 Å². The molecule has 0 saturated heterocycles. The normalized spacial score (nSPS) is 47.4. The Balaban J connectivity index is 3.48. The zero-order valence-corrected chi connectivity index (χ0v) is 11.2. The van der Waals surface area contributed by atoms with Crippen LogP contribution in [0.2, 0.25) is 0 Å². The minimum Gasteiger partial charge on any atom is -0.266 e. The van der Waals surface area contributed by atoms with Crippen LogP contribution in [0.5, 0.6) is 0 Å². The van der Waals surface area contributed by atoms with E-state index in [1.807, 2.05) is 5.43 Å².